The van der Waals surface area contributed by atoms with Gasteiger partial charge in [-0.2, -0.15) is 0 Å². The number of fused-ring (bicyclic) bond motifs is 1. The third-order valence-corrected chi connectivity index (χ3v) is 7.10. The van der Waals surface area contributed by atoms with E-state index in [0.29, 0.717) is 36.8 Å². The first-order valence-electron chi connectivity index (χ1n) is 11.6. The quantitative estimate of drug-likeness (QED) is 0.436. The molecule has 2 bridgehead atoms. The summed E-state index contributed by atoms with van der Waals surface area (Å²) in [5, 5.41) is 31.1. The van der Waals surface area contributed by atoms with Crippen molar-refractivity contribution in [3.63, 3.8) is 0 Å². The number of phenolic OH excluding ortho intramolecular Hbond substituents is 2. The topological polar surface area (TPSA) is 87.0 Å². The summed E-state index contributed by atoms with van der Waals surface area (Å²) in [6.07, 6.45) is 4.61. The zero-order chi connectivity index (χ0) is 23.8. The number of hydrogen-bond donors (Lipinski definition) is 3. The van der Waals surface area contributed by atoms with Crippen LogP contribution in [0.3, 0.4) is 0 Å². The Kier molecular flexibility index (Phi) is 6.92. The molecule has 1 aliphatic heterocycles. The number of aliphatic hydroxyl groups excluding tert-OH is 1. The molecular weight excluding hydrogens is 404 g/mol. The Morgan fingerprint density at radius 1 is 1.22 bits per heavy atom. The number of benzene rings is 1. The summed E-state index contributed by atoms with van der Waals surface area (Å²) < 4.78 is 6.55. The summed E-state index contributed by atoms with van der Waals surface area (Å²) in [5.74, 6) is 0.446. The number of aryl methyl sites for hydroxylation is 1. The normalized spacial score (nSPS) is 25.8. The molecule has 32 heavy (non-hydrogen) atoms. The van der Waals surface area contributed by atoms with Crippen molar-refractivity contribution in [3.05, 3.63) is 46.1 Å². The van der Waals surface area contributed by atoms with Gasteiger partial charge in [0.15, 0.2) is 5.78 Å². The van der Waals surface area contributed by atoms with Crippen molar-refractivity contribution >= 4 is 5.78 Å². The molecule has 0 radical (unpaired) electrons. The van der Waals surface area contributed by atoms with Gasteiger partial charge in [-0.1, -0.05) is 25.5 Å². The first-order chi connectivity index (χ1) is 14.8. The number of carbonyl (C=O) groups excluding carboxylic acids is 1. The smallest absolute Gasteiger partial charge is 0.159 e. The minimum atomic E-state index is -0.748. The van der Waals surface area contributed by atoms with Crippen LogP contribution in [-0.4, -0.2) is 38.9 Å². The molecule has 0 fully saturated rings. The van der Waals surface area contributed by atoms with Gasteiger partial charge in [0, 0.05) is 18.4 Å². The predicted molar refractivity (Wildman–Crippen MR) is 126 cm³/mol. The molecule has 176 valence electrons. The summed E-state index contributed by atoms with van der Waals surface area (Å²) >= 11 is 0. The second-order valence-electron chi connectivity index (χ2n) is 10.8. The van der Waals surface area contributed by atoms with Crippen LogP contribution in [0, 0.1) is 12.3 Å². The first kappa shape index (κ1) is 24.5. The Labute approximate surface area is 191 Å². The van der Waals surface area contributed by atoms with Crippen molar-refractivity contribution in [2.75, 3.05) is 0 Å². The lowest BCUT2D eigenvalue weighted by molar-refractivity contribution is -0.148. The lowest BCUT2D eigenvalue weighted by Gasteiger charge is -2.41. The maximum Gasteiger partial charge on any atom is 0.159 e. The second kappa shape index (κ2) is 9.03. The molecule has 0 amide bonds. The largest absolute Gasteiger partial charge is 0.508 e. The van der Waals surface area contributed by atoms with Gasteiger partial charge in [-0.25, -0.2) is 0 Å². The molecule has 0 saturated heterocycles. The van der Waals surface area contributed by atoms with Crippen LogP contribution in [0.4, 0.5) is 0 Å². The van der Waals surface area contributed by atoms with Gasteiger partial charge in [-0.15, -0.1) is 0 Å². The SMILES string of the molecule is CC(=CCc1cc(O)cc(C)c1O)CC1=C2CC(O)C(C)(C)OC1C(C)(C)CCCC2=O. The van der Waals surface area contributed by atoms with E-state index in [0.717, 1.165) is 29.6 Å². The highest BCUT2D eigenvalue weighted by Crippen LogP contribution is 2.45. The molecule has 1 heterocycles. The van der Waals surface area contributed by atoms with Crippen molar-refractivity contribution in [2.24, 2.45) is 5.41 Å². The monoisotopic (exact) mass is 442 g/mol. The molecule has 0 spiro atoms. The molecule has 1 aliphatic carbocycles. The van der Waals surface area contributed by atoms with E-state index < -0.39 is 11.7 Å². The third kappa shape index (κ3) is 5.10. The number of carbonyl (C=O) groups is 1. The fourth-order valence-electron chi connectivity index (χ4n) is 4.94. The number of ether oxygens (including phenoxy) is 1. The van der Waals surface area contributed by atoms with Gasteiger partial charge < -0.3 is 20.1 Å². The number of hydrogen-bond acceptors (Lipinski definition) is 5. The van der Waals surface area contributed by atoms with Crippen LogP contribution in [0.1, 0.15) is 77.8 Å². The van der Waals surface area contributed by atoms with Crippen LogP contribution in [0.15, 0.2) is 34.9 Å². The van der Waals surface area contributed by atoms with E-state index in [2.05, 4.69) is 13.8 Å². The van der Waals surface area contributed by atoms with Gasteiger partial charge >= 0.3 is 0 Å². The minimum absolute atomic E-state index is 0.120. The summed E-state index contributed by atoms with van der Waals surface area (Å²) in [4.78, 5) is 13.1. The number of phenols is 2. The number of rotatable bonds is 4. The molecule has 1 aromatic rings. The minimum Gasteiger partial charge on any atom is -0.508 e. The van der Waals surface area contributed by atoms with Crippen LogP contribution in [0.2, 0.25) is 0 Å². The molecular formula is C27H38O5. The fourth-order valence-corrected chi connectivity index (χ4v) is 4.94. The summed E-state index contributed by atoms with van der Waals surface area (Å²) in [5.41, 5.74) is 3.16. The Morgan fingerprint density at radius 3 is 2.59 bits per heavy atom. The van der Waals surface area contributed by atoms with Crippen molar-refractivity contribution in [2.45, 2.75) is 97.9 Å². The van der Waals surface area contributed by atoms with Crippen LogP contribution >= 0.6 is 0 Å². The van der Waals surface area contributed by atoms with Crippen LogP contribution < -0.4 is 0 Å². The number of ketones is 1. The number of aromatic hydroxyl groups is 2. The molecule has 2 atom stereocenters. The lowest BCUT2D eigenvalue weighted by Crippen LogP contribution is -2.45. The predicted octanol–water partition coefficient (Wildman–Crippen LogP) is 5.29. The Bertz CT molecular complexity index is 951. The van der Waals surface area contributed by atoms with Gasteiger partial charge in [-0.05, 0) is 87.6 Å². The number of Topliss-reactive ketones (excluding diaryl/α,β-unsaturated/α-hetero) is 1. The van der Waals surface area contributed by atoms with Gasteiger partial charge in [-0.3, -0.25) is 4.79 Å². The van der Waals surface area contributed by atoms with E-state index in [4.69, 9.17) is 4.74 Å². The molecule has 5 heteroatoms. The summed E-state index contributed by atoms with van der Waals surface area (Å²) in [6.45, 7) is 12.0. The highest BCUT2D eigenvalue weighted by atomic mass is 16.5. The molecule has 3 rings (SSSR count). The van der Waals surface area contributed by atoms with Crippen molar-refractivity contribution in [1.29, 1.82) is 0 Å². The average Bonchev–Trinajstić information content (AvgIpc) is 2.79. The number of aliphatic hydroxyl groups is 1. The fraction of sp³-hybridized carbons (Fsp3) is 0.593. The van der Waals surface area contributed by atoms with E-state index in [9.17, 15) is 20.1 Å². The first-order valence-corrected chi connectivity index (χ1v) is 11.6. The third-order valence-electron chi connectivity index (χ3n) is 7.10. The molecule has 2 unspecified atom stereocenters. The van der Waals surface area contributed by atoms with E-state index in [-0.39, 0.29) is 28.8 Å². The molecule has 3 N–H and O–H groups in total. The average molecular weight is 443 g/mol. The highest BCUT2D eigenvalue weighted by Gasteiger charge is 2.45. The lowest BCUT2D eigenvalue weighted by atomic mass is 9.72. The zero-order valence-corrected chi connectivity index (χ0v) is 20.3. The van der Waals surface area contributed by atoms with E-state index in [1.807, 2.05) is 26.8 Å². The Hall–Kier alpha value is -2.11. The van der Waals surface area contributed by atoms with Gasteiger partial charge in [0.25, 0.3) is 0 Å². The van der Waals surface area contributed by atoms with Crippen LogP contribution in [0.5, 0.6) is 11.5 Å². The maximum atomic E-state index is 13.1. The van der Waals surface area contributed by atoms with E-state index in [1.54, 1.807) is 19.1 Å². The van der Waals surface area contributed by atoms with Crippen LogP contribution in [-0.2, 0) is 16.0 Å². The Balaban J connectivity index is 1.98. The highest BCUT2D eigenvalue weighted by molar-refractivity contribution is 5.96. The van der Waals surface area contributed by atoms with Crippen molar-refractivity contribution in [3.8, 4) is 11.5 Å². The summed E-state index contributed by atoms with van der Waals surface area (Å²) in [6, 6.07) is 3.12. The number of allylic oxidation sites excluding steroid dienone is 2. The molecule has 0 saturated carbocycles. The van der Waals surface area contributed by atoms with Crippen LogP contribution in [0.25, 0.3) is 0 Å². The van der Waals surface area contributed by atoms with Gasteiger partial charge in [0.05, 0.1) is 17.8 Å². The molecule has 1 aromatic carbocycles. The zero-order valence-electron chi connectivity index (χ0n) is 20.3. The standard InChI is InChI=1S/C27H38O5/c1-16(9-10-18-14-19(28)13-17(2)24(18)31)12-21-20-15-23(30)27(5,6)32-25(21)26(3,4)11-7-8-22(20)29/h9,13-14,23,25,28,30-31H,7-8,10-12,15H2,1-6H3. The van der Waals surface area contributed by atoms with E-state index >= 15 is 0 Å². The van der Waals surface area contributed by atoms with E-state index in [1.165, 1.54) is 0 Å². The van der Waals surface area contributed by atoms with Crippen molar-refractivity contribution < 1.29 is 24.9 Å². The summed E-state index contributed by atoms with van der Waals surface area (Å²) in [7, 11) is 0. The molecule has 5 nitrogen and oxygen atoms in total. The molecule has 0 aromatic heterocycles. The van der Waals surface area contributed by atoms with Gasteiger partial charge in [0.2, 0.25) is 0 Å². The van der Waals surface area contributed by atoms with Gasteiger partial charge in [0.1, 0.15) is 11.5 Å². The Morgan fingerprint density at radius 2 is 1.91 bits per heavy atom. The van der Waals surface area contributed by atoms with Crippen molar-refractivity contribution in [1.82, 2.24) is 0 Å². The second-order valence-corrected chi connectivity index (χ2v) is 10.8. The molecule has 2 aliphatic rings. The maximum absolute atomic E-state index is 13.1.